The molecule has 0 aromatic rings. The smallest absolute Gasteiger partial charge is 0.308 e. The zero-order chi connectivity index (χ0) is 98.6. The molecule has 0 aliphatic carbocycles. The van der Waals surface area contributed by atoms with E-state index in [1.807, 2.05) is 89.0 Å². The molecule has 0 aromatic heterocycles. The van der Waals surface area contributed by atoms with E-state index in [1.54, 1.807) is 0 Å². The molecule has 32 heteroatoms. The summed E-state index contributed by atoms with van der Waals surface area (Å²) in [5, 5.41) is 36.1. The molecule has 4 rings (SSSR count). The van der Waals surface area contributed by atoms with Crippen molar-refractivity contribution in [2.24, 2.45) is 0 Å². The molecule has 4 N–H and O–H groups in total. The molecule has 0 radical (unpaired) electrons. The molecule has 4 aliphatic rings. The molecule has 32 nitrogen and oxygen atoms in total. The quantitative estimate of drug-likeness (QED) is 0.0190. The summed E-state index contributed by atoms with van der Waals surface area (Å²) in [6.07, 6.45) is 26.2. The zero-order valence-corrected chi connectivity index (χ0v) is 81.0. The lowest BCUT2D eigenvalue weighted by molar-refractivity contribution is -0.288. The van der Waals surface area contributed by atoms with Crippen LogP contribution < -0.4 is 0 Å². The number of aliphatic hydroxyl groups is 4. The van der Waals surface area contributed by atoms with Crippen molar-refractivity contribution in [3.63, 3.8) is 0 Å². The summed E-state index contributed by atoms with van der Waals surface area (Å²) in [6, 6.07) is 0. The van der Waals surface area contributed by atoms with Crippen molar-refractivity contribution in [3.8, 4) is 49.4 Å². The molecule has 0 saturated carbocycles. The lowest BCUT2D eigenvalue weighted by atomic mass is 9.97. The number of hydrogen-bond acceptors (Lipinski definition) is 32. The molecule has 0 spiro atoms. The predicted molar refractivity (Wildman–Crippen MR) is 487 cm³/mol. The maximum Gasteiger partial charge on any atom is 0.308 e. The first-order chi connectivity index (χ1) is 63.5. The number of aliphatic hydroxyl groups excluding tert-OH is 4. The normalized spacial score (nSPS) is 24.1. The van der Waals surface area contributed by atoms with E-state index in [9.17, 15) is 57.5 Å². The first kappa shape index (κ1) is 122. The molecule has 4 fully saturated rings. The Balaban J connectivity index is 0.000000927. The van der Waals surface area contributed by atoms with Gasteiger partial charge in [-0.05, 0) is 77.0 Å². The highest BCUT2D eigenvalue weighted by Gasteiger charge is 2.58. The Morgan fingerprint density at radius 2 is 0.439 bits per heavy atom. The van der Waals surface area contributed by atoms with Crippen LogP contribution in [0.2, 0.25) is 0 Å². The molecule has 0 amide bonds. The number of ether oxygens (including phenoxy) is 16. The van der Waals surface area contributed by atoms with Gasteiger partial charge in [-0.3, -0.25) is 57.5 Å². The van der Waals surface area contributed by atoms with Gasteiger partial charge in [-0.25, -0.2) is 0 Å². The lowest BCUT2D eigenvalue weighted by Crippen LogP contribution is -2.62. The van der Waals surface area contributed by atoms with E-state index in [0.717, 1.165) is 154 Å². The van der Waals surface area contributed by atoms with Crippen LogP contribution in [0, 0.1) is 49.4 Å². The van der Waals surface area contributed by atoms with Gasteiger partial charge < -0.3 is 96.2 Å². The van der Waals surface area contributed by atoms with E-state index in [2.05, 4.69) is 22.5 Å². The minimum Gasteiger partial charge on any atom is -0.455 e. The molecule has 20 atom stereocenters. The van der Waals surface area contributed by atoms with Gasteiger partial charge in [-0.1, -0.05) is 261 Å². The van der Waals surface area contributed by atoms with Crippen molar-refractivity contribution in [1.29, 1.82) is 0 Å². The largest absolute Gasteiger partial charge is 0.455 e. The van der Waals surface area contributed by atoms with Gasteiger partial charge in [0, 0.05) is 77.0 Å². The van der Waals surface area contributed by atoms with E-state index >= 15 is 0 Å². The maximum absolute atomic E-state index is 12.9. The fraction of sp³-hybridized carbons (Fsp3) is 0.800. The van der Waals surface area contributed by atoms with Gasteiger partial charge >= 0.3 is 71.6 Å². The van der Waals surface area contributed by atoms with Crippen LogP contribution in [0.15, 0.2) is 0 Å². The fourth-order valence-corrected chi connectivity index (χ4v) is 14.0. The highest BCUT2D eigenvalue weighted by molar-refractivity contribution is 5.75. The Hall–Kier alpha value is -8.44. The van der Waals surface area contributed by atoms with Crippen LogP contribution in [0.3, 0.4) is 0 Å². The van der Waals surface area contributed by atoms with Crippen LogP contribution in [0.25, 0.3) is 0 Å². The number of unbranched alkanes of at least 4 members (excludes halogenated alkanes) is 24. The minimum absolute atomic E-state index is 0.124. The van der Waals surface area contributed by atoms with Gasteiger partial charge in [-0.15, -0.1) is 25.7 Å². The second-order valence-corrected chi connectivity index (χ2v) is 33.4. The van der Waals surface area contributed by atoms with Gasteiger partial charge in [0.25, 0.3) is 0 Å². The molecule has 4 saturated heterocycles. The summed E-state index contributed by atoms with van der Waals surface area (Å²) in [5.74, 6) is 2.81. The van der Waals surface area contributed by atoms with Crippen molar-refractivity contribution in [2.75, 3.05) is 0 Å². The molecule has 0 aromatic carbocycles. The average Bonchev–Trinajstić information content (AvgIpc) is 1.34. The number of carbonyl (C=O) groups excluding carboxylic acids is 12. The Labute approximate surface area is 785 Å². The van der Waals surface area contributed by atoms with Gasteiger partial charge in [0.1, 0.15) is 24.4 Å². The van der Waals surface area contributed by atoms with E-state index in [0.29, 0.717) is 77.0 Å². The standard InChI is InChI=1S/3C31H50O9.C7H10O5/c2*1-6-11-15-19-24(32)37-28-23(10-5)36-31(40-27(35)22-18-14-9-4)30(39-26(34)21-17-13-8-3)29(28)38-25(33)20-16-12-7-2;1-6-11-15-19-24(32)36-23(10-5)28-29(37-25(33)20-16-12-7-2)30(38-26(34)21-17-13-8-3)31(40-28)39-27(35)22-18-14-9-4;1-2-3-4(8)5(9)6(10)7(11)12-3/h3*5,23,28-31H,6-9,11-22H2,1-4H3;1,3-11H/t23-,28+,29+,30-,31+;23-,28+,29+,30-,31-;23?,28-,29-,30+,31?;3-,4+,5+,6-,7?/m0010/s1. The predicted octanol–water partition coefficient (Wildman–Crippen LogP) is 15.3. The summed E-state index contributed by atoms with van der Waals surface area (Å²) in [4.78, 5) is 153. The van der Waals surface area contributed by atoms with Crippen LogP contribution in [-0.2, 0) is 133 Å². The first-order valence-electron chi connectivity index (χ1n) is 49.0. The minimum atomic E-state index is -1.55. The summed E-state index contributed by atoms with van der Waals surface area (Å²) < 4.78 is 90.6. The number of rotatable bonds is 61. The molecule has 752 valence electrons. The van der Waals surface area contributed by atoms with E-state index in [4.69, 9.17) is 117 Å². The van der Waals surface area contributed by atoms with Crippen molar-refractivity contribution in [3.05, 3.63) is 0 Å². The van der Waals surface area contributed by atoms with E-state index in [-0.39, 0.29) is 77.0 Å². The highest BCUT2D eigenvalue weighted by Crippen LogP contribution is 2.36. The van der Waals surface area contributed by atoms with Gasteiger partial charge in [0.05, 0.1) is 0 Å². The third-order valence-corrected chi connectivity index (χ3v) is 21.7. The SMILES string of the molecule is C#CC(OC(=O)CCCCC)[C@H]1OC(OC(=O)CCCCC)[C@@H](OC(=O)CCCCC)[C@@H]1OC(=O)CCCCC.C#C[C@@H]1OC(O)[C@@H](O)[C@H](O)[C@@H]1O.C#C[C@@H]1O[C@@H](OC(=O)CCCCC)[C@@H](OC(=O)CCCCC)[C@H](OC(=O)CCCCC)[C@@H]1OC(=O)CCCCC.C#C[C@@H]1O[C@H](OC(=O)CCCCC)[C@@H](OC(=O)CCCCC)[C@H](OC(=O)CCCCC)[C@@H]1OC(=O)CCCCC. The molecule has 3 unspecified atom stereocenters. The number of carbonyl (C=O) groups is 12. The molecule has 4 heterocycles. The fourth-order valence-electron chi connectivity index (χ4n) is 14.0. The summed E-state index contributed by atoms with van der Waals surface area (Å²) >= 11 is 0. The lowest BCUT2D eigenvalue weighted by Gasteiger charge is -2.42. The maximum atomic E-state index is 12.9. The van der Waals surface area contributed by atoms with Crippen molar-refractivity contribution in [2.45, 2.75) is 514 Å². The second kappa shape index (κ2) is 74.8. The Bertz CT molecular complexity index is 3310. The van der Waals surface area contributed by atoms with Gasteiger partial charge in [0.15, 0.2) is 61.2 Å². The van der Waals surface area contributed by atoms with Crippen LogP contribution >= 0.6 is 0 Å². The van der Waals surface area contributed by atoms with Crippen molar-refractivity contribution >= 4 is 71.6 Å². The molecular weight excluding hydrogens is 1710 g/mol. The van der Waals surface area contributed by atoms with Crippen LogP contribution in [-0.4, -0.2) is 215 Å². The first-order valence-corrected chi connectivity index (χ1v) is 49.0. The Morgan fingerprint density at radius 3 is 0.674 bits per heavy atom. The highest BCUT2D eigenvalue weighted by atomic mass is 16.8. The Kier molecular flexibility index (Phi) is 68.9. The average molecular weight is 1870 g/mol. The number of terminal acetylenes is 4. The van der Waals surface area contributed by atoms with E-state index < -0.39 is 194 Å². The Morgan fingerprint density at radius 1 is 0.235 bits per heavy atom. The third kappa shape index (κ3) is 50.2. The summed E-state index contributed by atoms with van der Waals surface area (Å²) in [6.45, 7) is 24.2. The zero-order valence-electron chi connectivity index (χ0n) is 81.0. The van der Waals surface area contributed by atoms with Gasteiger partial charge in [-0.2, -0.15) is 0 Å². The molecular formula is C100H160O32. The summed E-state index contributed by atoms with van der Waals surface area (Å²) in [5.41, 5.74) is 0. The molecule has 132 heavy (non-hydrogen) atoms. The van der Waals surface area contributed by atoms with Crippen molar-refractivity contribution in [1.82, 2.24) is 0 Å². The van der Waals surface area contributed by atoms with Crippen molar-refractivity contribution < 1.29 is 154 Å². The third-order valence-electron chi connectivity index (χ3n) is 21.7. The number of esters is 12. The second-order valence-electron chi connectivity index (χ2n) is 33.4. The van der Waals surface area contributed by atoms with Crippen LogP contribution in [0.1, 0.15) is 391 Å². The molecule has 0 bridgehead atoms. The van der Waals surface area contributed by atoms with Crippen LogP contribution in [0.4, 0.5) is 0 Å². The van der Waals surface area contributed by atoms with E-state index in [1.165, 1.54) is 0 Å². The number of hydrogen-bond donors (Lipinski definition) is 4. The topological polar surface area (TPSA) is 433 Å². The van der Waals surface area contributed by atoms with Crippen LogP contribution in [0.5, 0.6) is 0 Å². The summed E-state index contributed by atoms with van der Waals surface area (Å²) in [7, 11) is 0. The van der Waals surface area contributed by atoms with Gasteiger partial charge in [0.2, 0.25) is 37.2 Å². The monoisotopic (exact) mass is 1870 g/mol. The molecule has 4 aliphatic heterocycles.